The lowest BCUT2D eigenvalue weighted by atomic mass is 10.1. The summed E-state index contributed by atoms with van der Waals surface area (Å²) in [4.78, 5) is 35.2. The number of nitrogens with one attached hydrogen (secondary N) is 1. The van der Waals surface area contributed by atoms with Gasteiger partial charge in [0, 0.05) is 11.5 Å². The Balaban J connectivity index is 2.02. The van der Waals surface area contributed by atoms with Crippen LogP contribution in [0.15, 0.2) is 51.7 Å². The molecule has 3 aromatic rings. The van der Waals surface area contributed by atoms with Gasteiger partial charge >= 0.3 is 11.3 Å². The summed E-state index contributed by atoms with van der Waals surface area (Å²) in [6.07, 6.45) is 0. The van der Waals surface area contributed by atoms with Crippen LogP contribution in [0.25, 0.3) is 11.0 Å². The molecule has 0 aliphatic heterocycles. The monoisotopic (exact) mass is 370 g/mol. The molecule has 1 aromatic heterocycles. The van der Waals surface area contributed by atoms with Gasteiger partial charge in [-0.3, -0.25) is 14.9 Å². The molecule has 1 heterocycles. The Morgan fingerprint density at radius 1 is 1.15 bits per heavy atom. The summed E-state index contributed by atoms with van der Waals surface area (Å²) in [6.45, 7) is 0. The number of fused-ring (bicyclic) bond motifs is 1. The van der Waals surface area contributed by atoms with Gasteiger partial charge in [0.05, 0.1) is 24.7 Å². The minimum absolute atomic E-state index is 0.149. The fourth-order valence-electron chi connectivity index (χ4n) is 2.54. The van der Waals surface area contributed by atoms with Crippen molar-refractivity contribution in [3.05, 3.63) is 68.6 Å². The van der Waals surface area contributed by atoms with Crippen molar-refractivity contribution in [3.63, 3.8) is 0 Å². The zero-order valence-corrected chi connectivity index (χ0v) is 14.3. The Kier molecular flexibility index (Phi) is 4.75. The van der Waals surface area contributed by atoms with Gasteiger partial charge in [0.1, 0.15) is 17.2 Å². The number of nitro groups is 1. The highest BCUT2D eigenvalue weighted by atomic mass is 16.6. The van der Waals surface area contributed by atoms with Crippen LogP contribution in [0.4, 0.5) is 11.4 Å². The Hall–Kier alpha value is -3.88. The van der Waals surface area contributed by atoms with Gasteiger partial charge in [-0.05, 0) is 24.3 Å². The Bertz CT molecular complexity index is 1100. The van der Waals surface area contributed by atoms with E-state index in [0.29, 0.717) is 11.1 Å². The van der Waals surface area contributed by atoms with Gasteiger partial charge in [0.25, 0.3) is 5.91 Å². The minimum atomic E-state index is -0.910. The lowest BCUT2D eigenvalue weighted by Gasteiger charge is -2.10. The molecule has 3 rings (SSSR count). The standard InChI is InChI=1S/C18H14N2O7/c1-25-11-6-7-15(26-2)12(9-11)17(21)19-13-8-10-4-3-5-14(20(23)24)16(10)27-18(13)22/h3-9H,1-2H3,(H,19,21). The molecule has 0 bridgehead atoms. The van der Waals surface area contributed by atoms with E-state index in [1.165, 1.54) is 44.6 Å². The average Bonchev–Trinajstić information content (AvgIpc) is 2.67. The maximum absolute atomic E-state index is 12.6. The second kappa shape index (κ2) is 7.16. The zero-order valence-electron chi connectivity index (χ0n) is 14.3. The maximum Gasteiger partial charge on any atom is 0.360 e. The van der Waals surface area contributed by atoms with Crippen LogP contribution in [0.2, 0.25) is 0 Å². The second-order valence-corrected chi connectivity index (χ2v) is 5.42. The smallest absolute Gasteiger partial charge is 0.360 e. The average molecular weight is 370 g/mol. The van der Waals surface area contributed by atoms with E-state index in [4.69, 9.17) is 13.9 Å². The van der Waals surface area contributed by atoms with E-state index >= 15 is 0 Å². The molecule has 0 radical (unpaired) electrons. The van der Waals surface area contributed by atoms with Crippen molar-refractivity contribution in [3.8, 4) is 11.5 Å². The number of benzene rings is 2. The number of hydrogen-bond acceptors (Lipinski definition) is 7. The third kappa shape index (κ3) is 3.43. The van der Waals surface area contributed by atoms with Gasteiger partial charge in [0.2, 0.25) is 5.58 Å². The van der Waals surface area contributed by atoms with Gasteiger partial charge in [-0.15, -0.1) is 0 Å². The molecule has 0 unspecified atom stereocenters. The zero-order chi connectivity index (χ0) is 19.6. The molecule has 0 aliphatic carbocycles. The number of methoxy groups -OCH3 is 2. The minimum Gasteiger partial charge on any atom is -0.497 e. The van der Waals surface area contributed by atoms with E-state index in [2.05, 4.69) is 5.32 Å². The van der Waals surface area contributed by atoms with Gasteiger partial charge in [-0.25, -0.2) is 4.79 Å². The van der Waals surface area contributed by atoms with E-state index in [0.717, 1.165) is 0 Å². The van der Waals surface area contributed by atoms with Crippen molar-refractivity contribution in [1.29, 1.82) is 0 Å². The molecule has 9 heteroatoms. The molecule has 1 N–H and O–H groups in total. The van der Waals surface area contributed by atoms with E-state index < -0.39 is 16.5 Å². The van der Waals surface area contributed by atoms with E-state index in [9.17, 15) is 19.7 Å². The van der Waals surface area contributed by atoms with Gasteiger partial charge in [-0.2, -0.15) is 0 Å². The maximum atomic E-state index is 12.6. The number of para-hydroxylation sites is 1. The number of carbonyl (C=O) groups is 1. The molecule has 0 fully saturated rings. The molecule has 27 heavy (non-hydrogen) atoms. The van der Waals surface area contributed by atoms with E-state index in [1.54, 1.807) is 12.1 Å². The molecule has 0 saturated carbocycles. The number of ether oxygens (including phenoxy) is 2. The summed E-state index contributed by atoms with van der Waals surface area (Å²) in [7, 11) is 2.86. The SMILES string of the molecule is COc1ccc(OC)c(C(=O)Nc2cc3cccc([N+](=O)[O-])c3oc2=O)c1. The third-order valence-electron chi connectivity index (χ3n) is 3.84. The number of amides is 1. The first kappa shape index (κ1) is 17.9. The first-order chi connectivity index (χ1) is 12.9. The second-order valence-electron chi connectivity index (χ2n) is 5.42. The summed E-state index contributed by atoms with van der Waals surface area (Å²) in [5.74, 6) is 0.0964. The molecule has 138 valence electrons. The first-order valence-electron chi connectivity index (χ1n) is 7.69. The topological polar surface area (TPSA) is 121 Å². The normalized spacial score (nSPS) is 10.4. The molecule has 0 spiro atoms. The molecule has 1 amide bonds. The Morgan fingerprint density at radius 2 is 1.93 bits per heavy atom. The van der Waals surface area contributed by atoms with Crippen LogP contribution in [-0.4, -0.2) is 25.1 Å². The van der Waals surface area contributed by atoms with Crippen LogP contribution < -0.4 is 20.4 Å². The molecule has 0 aliphatic rings. The highest BCUT2D eigenvalue weighted by Gasteiger charge is 2.19. The van der Waals surface area contributed by atoms with Crippen molar-refractivity contribution >= 4 is 28.3 Å². The van der Waals surface area contributed by atoms with Crippen LogP contribution >= 0.6 is 0 Å². The van der Waals surface area contributed by atoms with Crippen molar-refractivity contribution < 1.29 is 23.6 Å². The van der Waals surface area contributed by atoms with Gasteiger partial charge in [-0.1, -0.05) is 12.1 Å². The lowest BCUT2D eigenvalue weighted by molar-refractivity contribution is -0.383. The van der Waals surface area contributed by atoms with Crippen molar-refractivity contribution in [2.75, 3.05) is 19.5 Å². The quantitative estimate of drug-likeness (QED) is 0.416. The van der Waals surface area contributed by atoms with E-state index in [-0.39, 0.29) is 28.3 Å². The van der Waals surface area contributed by atoms with Crippen LogP contribution in [0.3, 0.4) is 0 Å². The van der Waals surface area contributed by atoms with Crippen LogP contribution in [0, 0.1) is 10.1 Å². The summed E-state index contributed by atoms with van der Waals surface area (Å²) in [6, 6.07) is 10.2. The third-order valence-corrected chi connectivity index (χ3v) is 3.84. The van der Waals surface area contributed by atoms with Crippen molar-refractivity contribution in [2.24, 2.45) is 0 Å². The Morgan fingerprint density at radius 3 is 2.59 bits per heavy atom. The summed E-state index contributed by atoms with van der Waals surface area (Å²) >= 11 is 0. The fraction of sp³-hybridized carbons (Fsp3) is 0.111. The lowest BCUT2D eigenvalue weighted by Crippen LogP contribution is -2.18. The van der Waals surface area contributed by atoms with Crippen molar-refractivity contribution in [1.82, 2.24) is 0 Å². The number of nitro benzene ring substituents is 1. The number of nitrogens with zero attached hydrogens (tertiary/aromatic N) is 1. The summed E-state index contributed by atoms with van der Waals surface area (Å²) in [5, 5.41) is 13.8. The van der Waals surface area contributed by atoms with Crippen LogP contribution in [-0.2, 0) is 0 Å². The molecule has 2 aromatic carbocycles. The van der Waals surface area contributed by atoms with E-state index in [1.807, 2.05) is 0 Å². The van der Waals surface area contributed by atoms with Gasteiger partial charge in [0.15, 0.2) is 0 Å². The highest BCUT2D eigenvalue weighted by molar-refractivity contribution is 6.07. The van der Waals surface area contributed by atoms with Crippen LogP contribution in [0.1, 0.15) is 10.4 Å². The highest BCUT2D eigenvalue weighted by Crippen LogP contribution is 2.27. The molecule has 0 atom stereocenters. The number of anilines is 1. The number of hydrogen-bond donors (Lipinski definition) is 1. The van der Waals surface area contributed by atoms with Crippen LogP contribution in [0.5, 0.6) is 11.5 Å². The summed E-state index contributed by atoms with van der Waals surface area (Å²) in [5.41, 5.74) is -1.42. The fourth-order valence-corrected chi connectivity index (χ4v) is 2.54. The molecule has 9 nitrogen and oxygen atoms in total. The van der Waals surface area contributed by atoms with Gasteiger partial charge < -0.3 is 19.2 Å². The predicted octanol–water partition coefficient (Wildman–Crippen LogP) is 2.97. The largest absolute Gasteiger partial charge is 0.497 e. The Labute approximate surface area is 152 Å². The molecule has 0 saturated heterocycles. The number of rotatable bonds is 5. The first-order valence-corrected chi connectivity index (χ1v) is 7.69. The predicted molar refractivity (Wildman–Crippen MR) is 96.6 cm³/mol. The number of carbonyl (C=O) groups excluding carboxylic acids is 1. The molecular formula is C18H14N2O7. The molecular weight excluding hydrogens is 356 g/mol. The summed E-state index contributed by atoms with van der Waals surface area (Å²) < 4.78 is 15.3. The van der Waals surface area contributed by atoms with Crippen molar-refractivity contribution in [2.45, 2.75) is 0 Å². The number of non-ortho nitro benzene ring substituents is 1.